The molecule has 0 saturated heterocycles. The molecule has 1 aromatic heterocycles. The third kappa shape index (κ3) is 5.10. The quantitative estimate of drug-likeness (QED) is 0.180. The van der Waals surface area contributed by atoms with Crippen LogP contribution in [0.25, 0.3) is 45.0 Å². The van der Waals surface area contributed by atoms with Gasteiger partial charge in [-0.3, -0.25) is 4.79 Å². The largest absolute Gasteiger partial charge is 0.289 e. The van der Waals surface area contributed by atoms with Crippen LogP contribution in [-0.2, 0) is 5.41 Å². The highest BCUT2D eigenvalue weighted by molar-refractivity contribution is 6.14. The molecule has 1 aliphatic rings. The van der Waals surface area contributed by atoms with Crippen molar-refractivity contribution in [2.24, 2.45) is 0 Å². The minimum Gasteiger partial charge on any atom is -0.289 e. The average molecular weight is 653 g/mol. The molecule has 3 nitrogen and oxygen atoms in total. The number of rotatable bonds is 6. The fourth-order valence-corrected chi connectivity index (χ4v) is 7.73. The van der Waals surface area contributed by atoms with Crippen molar-refractivity contribution in [1.82, 2.24) is 9.97 Å². The summed E-state index contributed by atoms with van der Waals surface area (Å²) in [5.74, 6) is 0.711. The summed E-state index contributed by atoms with van der Waals surface area (Å²) < 4.78 is 0. The number of aromatic nitrogens is 2. The van der Waals surface area contributed by atoms with E-state index in [9.17, 15) is 4.79 Å². The first-order valence-corrected chi connectivity index (χ1v) is 17.2. The molecular formula is C48H32N2O. The zero-order valence-electron chi connectivity index (χ0n) is 27.8. The SMILES string of the molecule is O=C1c2ccccc2C(c2ccccc2)(c2ccccc2-c2cccc(-c3nc(-c4ccccc4)cc(-c4ccccc4)n3)c2)c2ccccc21. The molecular weight excluding hydrogens is 621 g/mol. The second-order valence-electron chi connectivity index (χ2n) is 12.9. The van der Waals surface area contributed by atoms with E-state index in [0.717, 1.165) is 72.6 Å². The van der Waals surface area contributed by atoms with Gasteiger partial charge >= 0.3 is 0 Å². The molecule has 8 aromatic rings. The van der Waals surface area contributed by atoms with Crippen LogP contribution in [0.4, 0.5) is 0 Å². The molecule has 7 aromatic carbocycles. The van der Waals surface area contributed by atoms with Gasteiger partial charge in [0.15, 0.2) is 11.6 Å². The molecule has 0 saturated carbocycles. The highest BCUT2D eigenvalue weighted by atomic mass is 16.1. The molecule has 51 heavy (non-hydrogen) atoms. The predicted octanol–water partition coefficient (Wildman–Crippen LogP) is 11.1. The molecule has 1 heterocycles. The molecule has 0 amide bonds. The standard InChI is InChI=1S/C48H32N2O/c51-46-39-26-11-14-29-42(39)48(37-23-8-3-9-24-37,43-30-15-12-27-40(43)46)41-28-13-10-25-38(41)35-21-16-22-36(31-35)47-49-44(33-17-4-1-5-18-33)32-45(50-47)34-19-6-2-7-20-34/h1-32H. The van der Waals surface area contributed by atoms with Crippen molar-refractivity contribution < 1.29 is 4.79 Å². The molecule has 0 atom stereocenters. The molecule has 0 unspecified atom stereocenters. The number of hydrogen-bond donors (Lipinski definition) is 0. The van der Waals surface area contributed by atoms with Gasteiger partial charge in [0, 0.05) is 27.8 Å². The van der Waals surface area contributed by atoms with Gasteiger partial charge in [-0.15, -0.1) is 0 Å². The lowest BCUT2D eigenvalue weighted by Crippen LogP contribution is -2.38. The Bertz CT molecular complexity index is 2430. The van der Waals surface area contributed by atoms with E-state index >= 15 is 0 Å². The van der Waals surface area contributed by atoms with Crippen LogP contribution in [0.15, 0.2) is 194 Å². The molecule has 9 rings (SSSR count). The van der Waals surface area contributed by atoms with Crippen molar-refractivity contribution >= 4 is 5.78 Å². The van der Waals surface area contributed by atoms with Gasteiger partial charge in [0.25, 0.3) is 0 Å². The Morgan fingerprint density at radius 3 is 1.31 bits per heavy atom. The Morgan fingerprint density at radius 2 is 0.765 bits per heavy atom. The number of hydrogen-bond acceptors (Lipinski definition) is 3. The van der Waals surface area contributed by atoms with Gasteiger partial charge in [0.05, 0.1) is 16.8 Å². The molecule has 0 spiro atoms. The summed E-state index contributed by atoms with van der Waals surface area (Å²) in [6, 6.07) is 66.5. The van der Waals surface area contributed by atoms with Crippen LogP contribution in [0, 0.1) is 0 Å². The second kappa shape index (κ2) is 12.6. The Hall–Kier alpha value is -6.71. The predicted molar refractivity (Wildman–Crippen MR) is 206 cm³/mol. The van der Waals surface area contributed by atoms with Crippen LogP contribution in [0.3, 0.4) is 0 Å². The summed E-state index contributed by atoms with van der Waals surface area (Å²) in [6.07, 6.45) is 0. The monoisotopic (exact) mass is 652 g/mol. The summed E-state index contributed by atoms with van der Waals surface area (Å²) >= 11 is 0. The zero-order chi connectivity index (χ0) is 34.2. The smallest absolute Gasteiger partial charge is 0.193 e. The van der Waals surface area contributed by atoms with Gasteiger partial charge < -0.3 is 0 Å². The highest BCUT2D eigenvalue weighted by Crippen LogP contribution is 2.53. The first-order chi connectivity index (χ1) is 25.2. The molecule has 0 N–H and O–H groups in total. The zero-order valence-corrected chi connectivity index (χ0v) is 27.8. The summed E-state index contributed by atoms with van der Waals surface area (Å²) in [5.41, 5.74) is 11.7. The maximum absolute atomic E-state index is 14.1. The molecule has 0 radical (unpaired) electrons. The van der Waals surface area contributed by atoms with E-state index in [-0.39, 0.29) is 5.78 Å². The van der Waals surface area contributed by atoms with E-state index in [1.165, 1.54) is 0 Å². The minimum absolute atomic E-state index is 0.0527. The van der Waals surface area contributed by atoms with Crippen molar-refractivity contribution in [3.05, 3.63) is 228 Å². The lowest BCUT2D eigenvalue weighted by molar-refractivity contribution is 0.103. The van der Waals surface area contributed by atoms with E-state index in [2.05, 4.69) is 115 Å². The molecule has 0 aliphatic heterocycles. The van der Waals surface area contributed by atoms with Gasteiger partial charge in [-0.2, -0.15) is 0 Å². The lowest BCUT2D eigenvalue weighted by atomic mass is 9.58. The van der Waals surface area contributed by atoms with Gasteiger partial charge in [-0.05, 0) is 45.5 Å². The Balaban J connectivity index is 1.28. The van der Waals surface area contributed by atoms with E-state index in [1.54, 1.807) is 0 Å². The number of nitrogens with zero attached hydrogens (tertiary/aromatic N) is 2. The Kier molecular flexibility index (Phi) is 7.52. The number of benzene rings is 7. The summed E-state index contributed by atoms with van der Waals surface area (Å²) in [6.45, 7) is 0. The summed E-state index contributed by atoms with van der Waals surface area (Å²) in [5, 5.41) is 0. The third-order valence-corrected chi connectivity index (χ3v) is 9.99. The van der Waals surface area contributed by atoms with E-state index in [4.69, 9.17) is 9.97 Å². The van der Waals surface area contributed by atoms with Gasteiger partial charge in [0.2, 0.25) is 0 Å². The molecule has 3 heteroatoms. The highest BCUT2D eigenvalue weighted by Gasteiger charge is 2.47. The normalized spacial score (nSPS) is 12.9. The fourth-order valence-electron chi connectivity index (χ4n) is 7.73. The number of fused-ring (bicyclic) bond motifs is 2. The van der Waals surface area contributed by atoms with Crippen LogP contribution in [0.5, 0.6) is 0 Å². The third-order valence-electron chi connectivity index (χ3n) is 9.99. The molecule has 0 bridgehead atoms. The molecule has 1 aliphatic carbocycles. The van der Waals surface area contributed by atoms with Crippen molar-refractivity contribution in [2.45, 2.75) is 5.41 Å². The first-order valence-electron chi connectivity index (χ1n) is 17.2. The maximum Gasteiger partial charge on any atom is 0.193 e. The number of carbonyl (C=O) groups excluding carboxylic acids is 1. The molecule has 0 fully saturated rings. The van der Waals surface area contributed by atoms with Crippen molar-refractivity contribution in [3.63, 3.8) is 0 Å². The Labute approximate surface area is 297 Å². The van der Waals surface area contributed by atoms with Crippen LogP contribution in [0.2, 0.25) is 0 Å². The van der Waals surface area contributed by atoms with Crippen LogP contribution < -0.4 is 0 Å². The van der Waals surface area contributed by atoms with Gasteiger partial charge in [0.1, 0.15) is 0 Å². The van der Waals surface area contributed by atoms with Crippen molar-refractivity contribution in [3.8, 4) is 45.0 Å². The minimum atomic E-state index is -0.751. The van der Waals surface area contributed by atoms with Crippen molar-refractivity contribution in [1.29, 1.82) is 0 Å². The van der Waals surface area contributed by atoms with Crippen LogP contribution in [-0.4, -0.2) is 15.8 Å². The van der Waals surface area contributed by atoms with Crippen LogP contribution >= 0.6 is 0 Å². The van der Waals surface area contributed by atoms with Crippen LogP contribution in [0.1, 0.15) is 38.2 Å². The van der Waals surface area contributed by atoms with Crippen molar-refractivity contribution in [2.75, 3.05) is 0 Å². The lowest BCUT2D eigenvalue weighted by Gasteiger charge is -2.42. The molecule has 240 valence electrons. The second-order valence-corrected chi connectivity index (χ2v) is 12.9. The van der Waals surface area contributed by atoms with E-state index in [1.807, 2.05) is 78.9 Å². The summed E-state index contributed by atoms with van der Waals surface area (Å²) in [7, 11) is 0. The number of carbonyl (C=O) groups is 1. The summed E-state index contributed by atoms with van der Waals surface area (Å²) in [4.78, 5) is 24.3. The van der Waals surface area contributed by atoms with Gasteiger partial charge in [-0.1, -0.05) is 182 Å². The van der Waals surface area contributed by atoms with Gasteiger partial charge in [-0.25, -0.2) is 9.97 Å². The fraction of sp³-hybridized carbons (Fsp3) is 0.0208. The van der Waals surface area contributed by atoms with E-state index < -0.39 is 5.41 Å². The maximum atomic E-state index is 14.1. The average Bonchev–Trinajstić information content (AvgIpc) is 3.22. The first kappa shape index (κ1) is 30.4. The topological polar surface area (TPSA) is 42.9 Å². The Morgan fingerprint density at radius 1 is 0.353 bits per heavy atom. The van der Waals surface area contributed by atoms with E-state index in [0.29, 0.717) is 5.82 Å². The number of ketones is 1.